The predicted molar refractivity (Wildman–Crippen MR) is 141 cm³/mol. The van der Waals surface area contributed by atoms with Crippen LogP contribution >= 0.6 is 0 Å². The summed E-state index contributed by atoms with van der Waals surface area (Å²) < 4.78 is 0. The van der Waals surface area contributed by atoms with Gasteiger partial charge in [0.2, 0.25) is 5.91 Å². The summed E-state index contributed by atoms with van der Waals surface area (Å²) in [6.07, 6.45) is 15.5. The zero-order valence-electron chi connectivity index (χ0n) is 20.8. The van der Waals surface area contributed by atoms with Gasteiger partial charge in [0.15, 0.2) is 5.96 Å². The van der Waals surface area contributed by atoms with Crippen LogP contribution in [-0.2, 0) is 16.1 Å². The van der Waals surface area contributed by atoms with Gasteiger partial charge in [0.25, 0.3) is 0 Å². The van der Waals surface area contributed by atoms with Crippen LogP contribution < -0.4 is 16.1 Å². The van der Waals surface area contributed by atoms with Gasteiger partial charge >= 0.3 is 0 Å². The van der Waals surface area contributed by atoms with Crippen molar-refractivity contribution in [3.63, 3.8) is 0 Å². The van der Waals surface area contributed by atoms with Gasteiger partial charge in [-0.15, -0.1) is 0 Å². The van der Waals surface area contributed by atoms with E-state index >= 15 is 0 Å². The molecule has 7 heteroatoms. The lowest BCUT2D eigenvalue weighted by molar-refractivity contribution is -0.138. The molecule has 1 amide bonds. The number of anilines is 1. The third-order valence-corrected chi connectivity index (χ3v) is 6.70. The van der Waals surface area contributed by atoms with Crippen LogP contribution in [0.5, 0.6) is 0 Å². The number of aromatic nitrogens is 1. The van der Waals surface area contributed by atoms with Crippen molar-refractivity contribution in [2.75, 3.05) is 18.5 Å². The van der Waals surface area contributed by atoms with E-state index in [-0.39, 0.29) is 17.8 Å². The van der Waals surface area contributed by atoms with Crippen molar-refractivity contribution in [3.8, 4) is 0 Å². The third kappa shape index (κ3) is 10.9. The molecule has 1 atom stereocenters. The molecule has 0 aliphatic heterocycles. The summed E-state index contributed by atoms with van der Waals surface area (Å²) in [5, 5.41) is 14.1. The minimum atomic E-state index is -0.105. The number of unbranched alkanes of at least 4 members (excludes halogenated alkanes) is 2. The van der Waals surface area contributed by atoms with Gasteiger partial charge in [-0.25, -0.2) is 5.48 Å². The van der Waals surface area contributed by atoms with Gasteiger partial charge < -0.3 is 10.6 Å². The molecular weight excluding hydrogens is 438 g/mol. The zero-order valence-corrected chi connectivity index (χ0v) is 20.8. The van der Waals surface area contributed by atoms with Crippen molar-refractivity contribution in [2.45, 2.75) is 70.6 Å². The van der Waals surface area contributed by atoms with Crippen molar-refractivity contribution in [3.05, 3.63) is 60.4 Å². The number of nitrogens with one attached hydrogen (secondary N) is 4. The van der Waals surface area contributed by atoms with Crippen LogP contribution in [0.2, 0.25) is 0 Å². The fourth-order valence-corrected chi connectivity index (χ4v) is 4.66. The van der Waals surface area contributed by atoms with E-state index in [2.05, 4.69) is 33.2 Å². The molecule has 2 aromatic rings. The molecule has 3 rings (SSSR count). The van der Waals surface area contributed by atoms with Crippen molar-refractivity contribution in [1.82, 2.24) is 15.8 Å². The van der Waals surface area contributed by atoms with E-state index in [0.29, 0.717) is 6.61 Å². The highest BCUT2D eigenvalue weighted by Crippen LogP contribution is 2.26. The number of carbonyl (C=O) groups is 1. The van der Waals surface area contributed by atoms with Crippen LogP contribution in [0.4, 0.5) is 5.69 Å². The fourth-order valence-electron chi connectivity index (χ4n) is 4.66. The Hall–Kier alpha value is -2.93. The molecule has 0 saturated heterocycles. The molecule has 4 N–H and O–H groups in total. The summed E-state index contributed by atoms with van der Waals surface area (Å²) in [7, 11) is 0. The van der Waals surface area contributed by atoms with Crippen LogP contribution in [0.3, 0.4) is 0 Å². The number of hydroxylamine groups is 1. The SMILES string of the molecule is N=C(NCCCCC[C@H](Cc1ccccc1)C(=O)NOCCC1CCCCC1)Nc1ccncc1. The number of carbonyl (C=O) groups excluding carboxylic acids is 1. The number of nitrogens with zero attached hydrogens (tertiary/aromatic N) is 1. The van der Waals surface area contributed by atoms with Crippen molar-refractivity contribution in [2.24, 2.45) is 11.8 Å². The average molecular weight is 480 g/mol. The van der Waals surface area contributed by atoms with Crippen molar-refractivity contribution >= 4 is 17.6 Å². The Morgan fingerprint density at radius 3 is 2.57 bits per heavy atom. The molecule has 0 radical (unpaired) electrons. The summed E-state index contributed by atoms with van der Waals surface area (Å²) in [4.78, 5) is 22.5. The number of rotatable bonds is 14. The third-order valence-electron chi connectivity index (χ3n) is 6.70. The number of hydrogen-bond donors (Lipinski definition) is 4. The second-order valence-electron chi connectivity index (χ2n) is 9.51. The predicted octanol–water partition coefficient (Wildman–Crippen LogP) is 5.46. The lowest BCUT2D eigenvalue weighted by Gasteiger charge is -2.21. The smallest absolute Gasteiger partial charge is 0.246 e. The molecule has 1 aliphatic carbocycles. The minimum absolute atomic E-state index is 0.0149. The highest BCUT2D eigenvalue weighted by atomic mass is 16.6. The molecule has 1 fully saturated rings. The van der Waals surface area contributed by atoms with Gasteiger partial charge in [0.1, 0.15) is 0 Å². The topological polar surface area (TPSA) is 99.1 Å². The largest absolute Gasteiger partial charge is 0.356 e. The van der Waals surface area contributed by atoms with E-state index in [0.717, 1.165) is 56.7 Å². The van der Waals surface area contributed by atoms with Gasteiger partial charge in [-0.05, 0) is 49.3 Å². The quantitative estimate of drug-likeness (QED) is 0.125. The number of hydrogen-bond acceptors (Lipinski definition) is 4. The Kier molecular flexibility index (Phi) is 12.1. The van der Waals surface area contributed by atoms with Gasteiger partial charge in [-0.2, -0.15) is 0 Å². The van der Waals surface area contributed by atoms with Gasteiger partial charge in [0.05, 0.1) is 6.61 Å². The maximum atomic E-state index is 12.9. The molecule has 35 heavy (non-hydrogen) atoms. The van der Waals surface area contributed by atoms with Gasteiger partial charge in [-0.3, -0.25) is 20.0 Å². The monoisotopic (exact) mass is 479 g/mol. The second kappa shape index (κ2) is 15.9. The van der Waals surface area contributed by atoms with Crippen LogP contribution in [0.15, 0.2) is 54.9 Å². The number of amides is 1. The van der Waals surface area contributed by atoms with Crippen molar-refractivity contribution in [1.29, 1.82) is 5.41 Å². The van der Waals surface area contributed by atoms with E-state index < -0.39 is 0 Å². The highest BCUT2D eigenvalue weighted by molar-refractivity contribution is 5.90. The molecule has 1 aromatic heterocycles. The van der Waals surface area contributed by atoms with E-state index in [1.807, 2.05) is 30.3 Å². The molecule has 7 nitrogen and oxygen atoms in total. The first kappa shape index (κ1) is 26.7. The summed E-state index contributed by atoms with van der Waals surface area (Å²) in [5.74, 6) is 0.907. The molecule has 0 unspecified atom stereocenters. The fraction of sp³-hybridized carbons (Fsp3) is 0.536. The number of pyridine rings is 1. The molecule has 1 heterocycles. The maximum absolute atomic E-state index is 12.9. The Bertz CT molecular complexity index is 856. The normalized spacial score (nSPS) is 14.7. The molecule has 0 bridgehead atoms. The van der Waals surface area contributed by atoms with E-state index in [1.54, 1.807) is 12.4 Å². The Balaban J connectivity index is 1.34. The average Bonchev–Trinajstić information content (AvgIpc) is 2.89. The highest BCUT2D eigenvalue weighted by Gasteiger charge is 2.19. The van der Waals surface area contributed by atoms with Gasteiger partial charge in [0, 0.05) is 30.5 Å². The molecule has 1 aromatic carbocycles. The van der Waals surface area contributed by atoms with E-state index in [9.17, 15) is 4.79 Å². The number of guanidine groups is 1. The standard InChI is InChI=1S/C28H41N5O2/c29-28(32-26-15-19-30-20-16-26)31-18-9-3-8-14-25(22-24-12-6-2-7-13-24)27(34)33-35-21-17-23-10-4-1-5-11-23/h2,6-7,12-13,15-16,19-20,23,25H,1,3-5,8-11,14,17-18,21-22H2,(H,33,34)(H3,29,30,31,32)/t25-/m1/s1. The Morgan fingerprint density at radius 2 is 1.80 bits per heavy atom. The lowest BCUT2D eigenvalue weighted by Crippen LogP contribution is -2.33. The van der Waals surface area contributed by atoms with Crippen LogP contribution in [0, 0.1) is 17.2 Å². The molecule has 190 valence electrons. The zero-order chi connectivity index (χ0) is 24.6. The number of benzene rings is 1. The first-order valence-corrected chi connectivity index (χ1v) is 13.2. The van der Waals surface area contributed by atoms with Gasteiger partial charge in [-0.1, -0.05) is 75.3 Å². The Morgan fingerprint density at radius 1 is 1.03 bits per heavy atom. The second-order valence-corrected chi connectivity index (χ2v) is 9.51. The maximum Gasteiger partial charge on any atom is 0.246 e. The first-order valence-electron chi connectivity index (χ1n) is 13.2. The molecule has 1 aliphatic rings. The van der Waals surface area contributed by atoms with E-state index in [4.69, 9.17) is 10.2 Å². The van der Waals surface area contributed by atoms with Crippen LogP contribution in [-0.4, -0.2) is 30.0 Å². The Labute approximate surface area is 209 Å². The van der Waals surface area contributed by atoms with E-state index in [1.165, 1.54) is 37.7 Å². The summed E-state index contributed by atoms with van der Waals surface area (Å²) in [6, 6.07) is 13.9. The molecule has 0 spiro atoms. The van der Waals surface area contributed by atoms with Crippen molar-refractivity contribution < 1.29 is 9.63 Å². The summed E-state index contributed by atoms with van der Waals surface area (Å²) >= 11 is 0. The summed E-state index contributed by atoms with van der Waals surface area (Å²) in [5.41, 5.74) is 4.75. The minimum Gasteiger partial charge on any atom is -0.356 e. The lowest BCUT2D eigenvalue weighted by atomic mass is 9.87. The molecular formula is C28H41N5O2. The van der Waals surface area contributed by atoms with Crippen LogP contribution in [0.25, 0.3) is 0 Å². The summed E-state index contributed by atoms with van der Waals surface area (Å²) in [6.45, 7) is 1.32. The van der Waals surface area contributed by atoms with Crippen LogP contribution in [0.1, 0.15) is 69.8 Å². The first-order chi connectivity index (χ1) is 17.2. The molecule has 1 saturated carbocycles.